The number of rotatable bonds is 19. The first kappa shape index (κ1) is 23.8. The lowest BCUT2D eigenvalue weighted by molar-refractivity contribution is 0.0453. The van der Waals surface area contributed by atoms with Gasteiger partial charge in [0.05, 0.1) is 19.0 Å². The Kier molecular flexibility index (Phi) is 17.5. The second-order valence-corrected chi connectivity index (χ2v) is 7.97. The molecule has 146 valence electrons. The van der Waals surface area contributed by atoms with Crippen molar-refractivity contribution >= 4 is 10.1 Å². The van der Waals surface area contributed by atoms with Gasteiger partial charge in [-0.15, -0.1) is 0 Å². The SMILES string of the molecule is CCCCCCCCCCCCOCCOCCCCS(=O)(=O)O. The van der Waals surface area contributed by atoms with Crippen LogP contribution in [0.4, 0.5) is 0 Å². The molecular formula is C18H38O5S. The van der Waals surface area contributed by atoms with Gasteiger partial charge in [-0.2, -0.15) is 8.42 Å². The highest BCUT2D eigenvalue weighted by molar-refractivity contribution is 7.85. The molecule has 0 aromatic rings. The summed E-state index contributed by atoms with van der Waals surface area (Å²) in [6, 6.07) is 0. The van der Waals surface area contributed by atoms with Gasteiger partial charge in [0.2, 0.25) is 0 Å². The summed E-state index contributed by atoms with van der Waals surface area (Å²) in [6.45, 7) is 4.70. The van der Waals surface area contributed by atoms with Crippen LogP contribution in [0.1, 0.15) is 84.0 Å². The van der Waals surface area contributed by atoms with Crippen molar-refractivity contribution in [3.05, 3.63) is 0 Å². The average molecular weight is 367 g/mol. The third-order valence-electron chi connectivity index (χ3n) is 3.96. The summed E-state index contributed by atoms with van der Waals surface area (Å²) < 4.78 is 40.4. The normalized spacial score (nSPS) is 11.9. The molecule has 6 heteroatoms. The van der Waals surface area contributed by atoms with Crippen molar-refractivity contribution in [1.82, 2.24) is 0 Å². The Hall–Kier alpha value is -0.170. The van der Waals surface area contributed by atoms with Gasteiger partial charge < -0.3 is 9.47 Å². The van der Waals surface area contributed by atoms with Crippen molar-refractivity contribution in [2.45, 2.75) is 84.0 Å². The summed E-state index contributed by atoms with van der Waals surface area (Å²) in [5, 5.41) is 0. The van der Waals surface area contributed by atoms with E-state index in [0.29, 0.717) is 32.7 Å². The lowest BCUT2D eigenvalue weighted by Crippen LogP contribution is -2.08. The van der Waals surface area contributed by atoms with E-state index in [9.17, 15) is 8.42 Å². The molecule has 0 atom stereocenters. The number of hydrogen-bond donors (Lipinski definition) is 1. The average Bonchev–Trinajstić information content (AvgIpc) is 2.52. The van der Waals surface area contributed by atoms with Crippen LogP contribution in [0.25, 0.3) is 0 Å². The number of unbranched alkanes of at least 4 members (excludes halogenated alkanes) is 10. The fourth-order valence-electron chi connectivity index (χ4n) is 2.50. The molecule has 0 spiro atoms. The highest BCUT2D eigenvalue weighted by Crippen LogP contribution is 2.10. The molecular weight excluding hydrogens is 328 g/mol. The minimum absolute atomic E-state index is 0.189. The standard InChI is InChI=1S/C18H38O5S/c1-2-3-4-5-6-7-8-9-10-11-14-22-16-17-23-15-12-13-18-24(19,20)21/h2-18H2,1H3,(H,19,20,21). The van der Waals surface area contributed by atoms with Crippen molar-refractivity contribution in [2.24, 2.45) is 0 Å². The van der Waals surface area contributed by atoms with Gasteiger partial charge in [0, 0.05) is 13.2 Å². The monoisotopic (exact) mass is 366 g/mol. The van der Waals surface area contributed by atoms with Crippen molar-refractivity contribution in [3.63, 3.8) is 0 Å². The zero-order valence-electron chi connectivity index (χ0n) is 15.5. The lowest BCUT2D eigenvalue weighted by Gasteiger charge is -2.06. The van der Waals surface area contributed by atoms with Crippen molar-refractivity contribution in [1.29, 1.82) is 0 Å². The molecule has 0 aromatic carbocycles. The maximum Gasteiger partial charge on any atom is 0.264 e. The zero-order valence-corrected chi connectivity index (χ0v) is 16.3. The van der Waals surface area contributed by atoms with E-state index in [1.165, 1.54) is 57.8 Å². The maximum atomic E-state index is 10.5. The van der Waals surface area contributed by atoms with E-state index in [4.69, 9.17) is 14.0 Å². The molecule has 0 aliphatic heterocycles. The van der Waals surface area contributed by atoms with Gasteiger partial charge in [0.15, 0.2) is 0 Å². The van der Waals surface area contributed by atoms with Gasteiger partial charge in [0.25, 0.3) is 10.1 Å². The summed E-state index contributed by atoms with van der Waals surface area (Å²) in [7, 11) is -3.83. The Labute approximate surface area is 149 Å². The van der Waals surface area contributed by atoms with Crippen LogP contribution in [0.2, 0.25) is 0 Å². The van der Waals surface area contributed by atoms with Crippen LogP contribution in [0.3, 0.4) is 0 Å². The van der Waals surface area contributed by atoms with E-state index in [0.717, 1.165) is 13.0 Å². The Bertz CT molecular complexity index is 343. The van der Waals surface area contributed by atoms with Gasteiger partial charge in [0.1, 0.15) is 0 Å². The molecule has 5 nitrogen and oxygen atoms in total. The second kappa shape index (κ2) is 17.6. The molecule has 0 bridgehead atoms. The molecule has 0 aliphatic carbocycles. The van der Waals surface area contributed by atoms with Crippen molar-refractivity contribution in [2.75, 3.05) is 32.2 Å². The van der Waals surface area contributed by atoms with Crippen LogP contribution in [0.5, 0.6) is 0 Å². The predicted molar refractivity (Wildman–Crippen MR) is 99.1 cm³/mol. The van der Waals surface area contributed by atoms with Crippen LogP contribution >= 0.6 is 0 Å². The predicted octanol–water partition coefficient (Wildman–Crippen LogP) is 4.61. The van der Waals surface area contributed by atoms with Gasteiger partial charge >= 0.3 is 0 Å². The van der Waals surface area contributed by atoms with Crippen LogP contribution in [0.15, 0.2) is 0 Å². The smallest absolute Gasteiger partial charge is 0.264 e. The van der Waals surface area contributed by atoms with E-state index in [-0.39, 0.29) is 5.75 Å². The highest BCUT2D eigenvalue weighted by Gasteiger charge is 2.02. The second-order valence-electron chi connectivity index (χ2n) is 6.40. The summed E-state index contributed by atoms with van der Waals surface area (Å²) in [5.74, 6) is -0.189. The van der Waals surface area contributed by atoms with E-state index in [1.807, 2.05) is 0 Å². The Morgan fingerprint density at radius 2 is 1.04 bits per heavy atom. The van der Waals surface area contributed by atoms with Gasteiger partial charge in [-0.05, 0) is 19.3 Å². The molecule has 0 radical (unpaired) electrons. The first-order valence-electron chi connectivity index (χ1n) is 9.67. The molecule has 0 aliphatic rings. The topological polar surface area (TPSA) is 72.8 Å². The Morgan fingerprint density at radius 1 is 0.625 bits per heavy atom. The van der Waals surface area contributed by atoms with Crippen LogP contribution in [-0.2, 0) is 19.6 Å². The first-order chi connectivity index (χ1) is 11.6. The van der Waals surface area contributed by atoms with E-state index in [1.54, 1.807) is 0 Å². The quantitative estimate of drug-likeness (QED) is 0.267. The van der Waals surface area contributed by atoms with E-state index < -0.39 is 10.1 Å². The largest absolute Gasteiger partial charge is 0.379 e. The molecule has 0 fully saturated rings. The summed E-state index contributed by atoms with van der Waals surface area (Å²) in [6.07, 6.45) is 14.3. The van der Waals surface area contributed by atoms with Gasteiger partial charge in [-0.25, -0.2) is 0 Å². The van der Waals surface area contributed by atoms with E-state index in [2.05, 4.69) is 6.92 Å². The summed E-state index contributed by atoms with van der Waals surface area (Å²) >= 11 is 0. The fraction of sp³-hybridized carbons (Fsp3) is 1.00. The number of hydrogen-bond acceptors (Lipinski definition) is 4. The minimum Gasteiger partial charge on any atom is -0.379 e. The molecule has 0 rings (SSSR count). The van der Waals surface area contributed by atoms with E-state index >= 15 is 0 Å². The molecule has 24 heavy (non-hydrogen) atoms. The Balaban J connectivity index is 3.03. The molecule has 0 heterocycles. The van der Waals surface area contributed by atoms with Crippen molar-refractivity contribution < 1.29 is 22.4 Å². The van der Waals surface area contributed by atoms with Crippen molar-refractivity contribution in [3.8, 4) is 0 Å². The maximum absolute atomic E-state index is 10.5. The zero-order chi connectivity index (χ0) is 17.9. The molecule has 0 saturated heterocycles. The number of ether oxygens (including phenoxy) is 2. The van der Waals surface area contributed by atoms with Gasteiger partial charge in [-0.3, -0.25) is 4.55 Å². The lowest BCUT2D eigenvalue weighted by atomic mass is 10.1. The van der Waals surface area contributed by atoms with Crippen LogP contribution in [-0.4, -0.2) is 45.2 Å². The molecule has 0 aromatic heterocycles. The molecule has 1 N–H and O–H groups in total. The first-order valence-corrected chi connectivity index (χ1v) is 11.3. The Morgan fingerprint density at radius 3 is 1.50 bits per heavy atom. The highest BCUT2D eigenvalue weighted by atomic mass is 32.2. The molecule has 0 unspecified atom stereocenters. The third-order valence-corrected chi connectivity index (χ3v) is 4.76. The van der Waals surface area contributed by atoms with Crippen LogP contribution in [0, 0.1) is 0 Å². The minimum atomic E-state index is -3.83. The summed E-state index contributed by atoms with van der Waals surface area (Å²) in [4.78, 5) is 0. The van der Waals surface area contributed by atoms with Gasteiger partial charge in [-0.1, -0.05) is 64.7 Å². The summed E-state index contributed by atoms with van der Waals surface area (Å²) in [5.41, 5.74) is 0. The third kappa shape index (κ3) is 21.8. The molecule has 0 amide bonds. The molecule has 0 saturated carbocycles. The fourth-order valence-corrected chi connectivity index (χ4v) is 3.07. The van der Waals surface area contributed by atoms with Crippen LogP contribution < -0.4 is 0 Å².